The van der Waals surface area contributed by atoms with Crippen molar-refractivity contribution >= 4 is 34.6 Å². The summed E-state index contributed by atoms with van der Waals surface area (Å²) in [6.45, 7) is 1.40. The number of hydrogen-bond acceptors (Lipinski definition) is 3. The van der Waals surface area contributed by atoms with Gasteiger partial charge in [-0.25, -0.2) is 4.79 Å². The van der Waals surface area contributed by atoms with Crippen LogP contribution in [0.4, 0.5) is 16.2 Å². The lowest BCUT2D eigenvalue weighted by Crippen LogP contribution is -2.46. The van der Waals surface area contributed by atoms with Crippen LogP contribution < -0.4 is 15.5 Å². The van der Waals surface area contributed by atoms with Crippen LogP contribution in [-0.4, -0.2) is 25.0 Å². The Morgan fingerprint density at radius 3 is 3.00 bits per heavy atom. The van der Waals surface area contributed by atoms with Gasteiger partial charge in [-0.2, -0.15) is 11.3 Å². The standard InChI is InChI=1S/C15H15N3O2S/c19-14(11-5-8-21-10-11)17-12-3-1-4-13(9-12)18-7-2-6-16-15(18)20/h1,3-5,8-10H,2,6-7H2,(H,16,20)(H,17,19). The number of urea groups is 1. The molecule has 1 saturated heterocycles. The summed E-state index contributed by atoms with van der Waals surface area (Å²) in [5.74, 6) is -0.142. The van der Waals surface area contributed by atoms with E-state index in [2.05, 4.69) is 10.6 Å². The van der Waals surface area contributed by atoms with Crippen LogP contribution >= 0.6 is 11.3 Å². The molecule has 1 aliphatic rings. The summed E-state index contributed by atoms with van der Waals surface area (Å²) >= 11 is 1.48. The molecular formula is C15H15N3O2S. The molecule has 21 heavy (non-hydrogen) atoms. The molecule has 2 N–H and O–H groups in total. The summed E-state index contributed by atoms with van der Waals surface area (Å²) in [6.07, 6.45) is 0.914. The summed E-state index contributed by atoms with van der Waals surface area (Å²) < 4.78 is 0. The van der Waals surface area contributed by atoms with E-state index in [1.165, 1.54) is 11.3 Å². The Labute approximate surface area is 126 Å². The molecule has 5 nitrogen and oxygen atoms in total. The number of nitrogens with one attached hydrogen (secondary N) is 2. The van der Waals surface area contributed by atoms with E-state index in [0.29, 0.717) is 24.3 Å². The van der Waals surface area contributed by atoms with Crippen molar-refractivity contribution in [2.24, 2.45) is 0 Å². The third kappa shape index (κ3) is 3.05. The third-order valence-corrected chi connectivity index (χ3v) is 3.96. The summed E-state index contributed by atoms with van der Waals surface area (Å²) in [5, 5.41) is 9.33. The van der Waals surface area contributed by atoms with E-state index >= 15 is 0 Å². The first-order chi connectivity index (χ1) is 10.2. The molecule has 0 spiro atoms. The van der Waals surface area contributed by atoms with Crippen LogP contribution in [-0.2, 0) is 0 Å². The predicted molar refractivity (Wildman–Crippen MR) is 84.1 cm³/mol. The fourth-order valence-electron chi connectivity index (χ4n) is 2.22. The van der Waals surface area contributed by atoms with E-state index in [1.807, 2.05) is 29.6 Å². The smallest absolute Gasteiger partial charge is 0.321 e. The second kappa shape index (κ2) is 5.97. The molecule has 0 unspecified atom stereocenters. The number of amides is 3. The quantitative estimate of drug-likeness (QED) is 0.915. The van der Waals surface area contributed by atoms with Crippen LogP contribution in [0.15, 0.2) is 41.1 Å². The van der Waals surface area contributed by atoms with Gasteiger partial charge in [-0.3, -0.25) is 9.69 Å². The van der Waals surface area contributed by atoms with Crippen molar-refractivity contribution in [3.8, 4) is 0 Å². The van der Waals surface area contributed by atoms with Crippen molar-refractivity contribution < 1.29 is 9.59 Å². The van der Waals surface area contributed by atoms with Gasteiger partial charge in [-0.1, -0.05) is 6.07 Å². The summed E-state index contributed by atoms with van der Waals surface area (Å²) in [7, 11) is 0. The molecule has 0 saturated carbocycles. The number of rotatable bonds is 3. The Balaban J connectivity index is 1.77. The summed E-state index contributed by atoms with van der Waals surface area (Å²) in [4.78, 5) is 25.6. The van der Waals surface area contributed by atoms with Gasteiger partial charge in [0.2, 0.25) is 0 Å². The van der Waals surface area contributed by atoms with Gasteiger partial charge in [0.25, 0.3) is 5.91 Å². The van der Waals surface area contributed by atoms with E-state index in [4.69, 9.17) is 0 Å². The minimum absolute atomic E-state index is 0.0949. The number of thiophene rings is 1. The zero-order chi connectivity index (χ0) is 14.7. The Morgan fingerprint density at radius 1 is 1.33 bits per heavy atom. The van der Waals surface area contributed by atoms with E-state index < -0.39 is 0 Å². The van der Waals surface area contributed by atoms with Gasteiger partial charge < -0.3 is 10.6 Å². The molecule has 1 aromatic carbocycles. The number of benzene rings is 1. The first-order valence-electron chi connectivity index (χ1n) is 6.73. The average Bonchev–Trinajstić information content (AvgIpc) is 3.02. The number of anilines is 2. The molecule has 2 aromatic rings. The number of hydrogen-bond donors (Lipinski definition) is 2. The maximum Gasteiger partial charge on any atom is 0.321 e. The zero-order valence-corrected chi connectivity index (χ0v) is 12.2. The first kappa shape index (κ1) is 13.6. The van der Waals surface area contributed by atoms with Crippen molar-refractivity contribution in [2.45, 2.75) is 6.42 Å². The van der Waals surface area contributed by atoms with Gasteiger partial charge in [0, 0.05) is 29.8 Å². The lowest BCUT2D eigenvalue weighted by atomic mass is 10.2. The van der Waals surface area contributed by atoms with Crippen LogP contribution in [0.25, 0.3) is 0 Å². The topological polar surface area (TPSA) is 61.4 Å². The number of carbonyl (C=O) groups excluding carboxylic acids is 2. The van der Waals surface area contributed by atoms with Crippen molar-refractivity contribution in [1.82, 2.24) is 5.32 Å². The highest BCUT2D eigenvalue weighted by Crippen LogP contribution is 2.21. The first-order valence-corrected chi connectivity index (χ1v) is 7.67. The fraction of sp³-hybridized carbons (Fsp3) is 0.200. The zero-order valence-electron chi connectivity index (χ0n) is 11.3. The van der Waals surface area contributed by atoms with E-state index in [0.717, 1.165) is 12.1 Å². The fourth-order valence-corrected chi connectivity index (χ4v) is 2.86. The van der Waals surface area contributed by atoms with Crippen LogP contribution in [0, 0.1) is 0 Å². The van der Waals surface area contributed by atoms with Crippen molar-refractivity contribution in [3.63, 3.8) is 0 Å². The molecule has 0 atom stereocenters. The largest absolute Gasteiger partial charge is 0.338 e. The predicted octanol–water partition coefficient (Wildman–Crippen LogP) is 2.92. The number of carbonyl (C=O) groups is 2. The highest BCUT2D eigenvalue weighted by Gasteiger charge is 2.19. The van der Waals surface area contributed by atoms with Gasteiger partial charge in [-0.15, -0.1) is 0 Å². The SMILES string of the molecule is O=C(Nc1cccc(N2CCCNC2=O)c1)c1ccsc1. The van der Waals surface area contributed by atoms with Crippen molar-refractivity contribution in [1.29, 1.82) is 0 Å². The highest BCUT2D eigenvalue weighted by molar-refractivity contribution is 7.08. The average molecular weight is 301 g/mol. The molecule has 0 radical (unpaired) electrons. The van der Waals surface area contributed by atoms with Gasteiger partial charge >= 0.3 is 6.03 Å². The van der Waals surface area contributed by atoms with Crippen LogP contribution in [0.1, 0.15) is 16.8 Å². The minimum atomic E-state index is -0.142. The molecular weight excluding hydrogens is 286 g/mol. The van der Waals surface area contributed by atoms with E-state index in [9.17, 15) is 9.59 Å². The monoisotopic (exact) mass is 301 g/mol. The normalized spacial score (nSPS) is 14.7. The second-order valence-electron chi connectivity index (χ2n) is 4.75. The second-order valence-corrected chi connectivity index (χ2v) is 5.53. The van der Waals surface area contributed by atoms with Crippen LogP contribution in [0.5, 0.6) is 0 Å². The summed E-state index contributed by atoms with van der Waals surface area (Å²) in [6, 6.07) is 9.01. The molecule has 3 rings (SSSR count). The lowest BCUT2D eigenvalue weighted by molar-refractivity contribution is 0.102. The molecule has 3 amide bonds. The highest BCUT2D eigenvalue weighted by atomic mass is 32.1. The Hall–Kier alpha value is -2.34. The van der Waals surface area contributed by atoms with Gasteiger partial charge in [0.15, 0.2) is 0 Å². The third-order valence-electron chi connectivity index (χ3n) is 3.28. The molecule has 2 heterocycles. The van der Waals surface area contributed by atoms with E-state index in [-0.39, 0.29) is 11.9 Å². The Bertz CT molecular complexity index is 655. The summed E-state index contributed by atoms with van der Waals surface area (Å²) in [5.41, 5.74) is 2.11. The molecule has 0 bridgehead atoms. The van der Waals surface area contributed by atoms with E-state index in [1.54, 1.807) is 16.3 Å². The molecule has 1 aliphatic heterocycles. The molecule has 0 aliphatic carbocycles. The molecule has 6 heteroatoms. The van der Waals surface area contributed by atoms with Crippen molar-refractivity contribution in [3.05, 3.63) is 46.7 Å². The number of nitrogens with zero attached hydrogens (tertiary/aromatic N) is 1. The molecule has 1 fully saturated rings. The maximum absolute atomic E-state index is 12.0. The lowest BCUT2D eigenvalue weighted by Gasteiger charge is -2.27. The Morgan fingerprint density at radius 2 is 2.24 bits per heavy atom. The van der Waals surface area contributed by atoms with Gasteiger partial charge in [0.1, 0.15) is 0 Å². The van der Waals surface area contributed by atoms with Gasteiger partial charge in [-0.05, 0) is 36.1 Å². The van der Waals surface area contributed by atoms with Gasteiger partial charge in [0.05, 0.1) is 5.56 Å². The van der Waals surface area contributed by atoms with Crippen LogP contribution in [0.2, 0.25) is 0 Å². The minimum Gasteiger partial charge on any atom is -0.338 e. The van der Waals surface area contributed by atoms with Crippen molar-refractivity contribution in [2.75, 3.05) is 23.3 Å². The Kier molecular flexibility index (Phi) is 3.87. The maximum atomic E-state index is 12.0. The molecule has 1 aromatic heterocycles. The van der Waals surface area contributed by atoms with Crippen LogP contribution in [0.3, 0.4) is 0 Å². The molecule has 108 valence electrons.